The molecule has 138 valence electrons. The quantitative estimate of drug-likeness (QED) is 0.507. The highest BCUT2D eigenvalue weighted by molar-refractivity contribution is 5.50. The third kappa shape index (κ3) is 2.83. The molecule has 13 heteroatoms. The molecule has 0 bridgehead atoms. The number of halogens is 12. The maximum absolute atomic E-state index is 13.6. The standard InChI is InChI=1S/C11H5F12N/c12-4-24(6-3-1-2-5(13)7(6)14)11(22,23)9(17,18)8(15,16)10(19,20)21/h1-3H,4H2. The highest BCUT2D eigenvalue weighted by Gasteiger charge is 2.83. The maximum Gasteiger partial charge on any atom is 0.460 e. The predicted octanol–water partition coefficient (Wildman–Crippen LogP) is 5.12. The zero-order chi connectivity index (χ0) is 19.1. The molecule has 0 saturated carbocycles. The van der Waals surface area contributed by atoms with Crippen molar-refractivity contribution in [1.82, 2.24) is 0 Å². The first kappa shape index (κ1) is 20.2. The summed E-state index contributed by atoms with van der Waals surface area (Å²) in [7, 11) is 0. The highest BCUT2D eigenvalue weighted by atomic mass is 19.4. The monoisotopic (exact) mass is 379 g/mol. The summed E-state index contributed by atoms with van der Waals surface area (Å²) in [6, 6.07) is -5.76. The minimum absolute atomic E-state index is 0.0910. The summed E-state index contributed by atoms with van der Waals surface area (Å²) in [5, 5.41) is 0. The average molecular weight is 379 g/mol. The SMILES string of the molecule is FCN(c1cccc(F)c1F)C(F)(F)C(F)(F)C(F)(F)C(F)(F)F. The van der Waals surface area contributed by atoms with Gasteiger partial charge in [0.1, 0.15) is 0 Å². The Morgan fingerprint density at radius 3 is 1.71 bits per heavy atom. The molecule has 24 heavy (non-hydrogen) atoms. The van der Waals surface area contributed by atoms with Gasteiger partial charge in [0, 0.05) is 0 Å². The predicted molar refractivity (Wildman–Crippen MR) is 55.7 cm³/mol. The Hall–Kier alpha value is -1.82. The van der Waals surface area contributed by atoms with Crippen LogP contribution in [0.15, 0.2) is 18.2 Å². The van der Waals surface area contributed by atoms with Crippen molar-refractivity contribution < 1.29 is 52.7 Å². The smallest absolute Gasteiger partial charge is 0.277 e. The Balaban J connectivity index is 3.51. The second-order valence-electron chi connectivity index (χ2n) is 4.31. The largest absolute Gasteiger partial charge is 0.460 e. The van der Waals surface area contributed by atoms with E-state index in [-0.39, 0.29) is 12.1 Å². The summed E-state index contributed by atoms with van der Waals surface area (Å²) in [5.74, 6) is -18.8. The number of hydrogen-bond acceptors (Lipinski definition) is 1. The molecule has 1 aromatic carbocycles. The molecule has 0 aromatic heterocycles. The van der Waals surface area contributed by atoms with Gasteiger partial charge in [-0.3, -0.25) is 4.90 Å². The van der Waals surface area contributed by atoms with Crippen LogP contribution in [-0.2, 0) is 0 Å². The molecular formula is C11H5F12N. The van der Waals surface area contributed by atoms with Gasteiger partial charge in [0.05, 0.1) is 5.69 Å². The number of rotatable bonds is 5. The first-order valence-electron chi connectivity index (χ1n) is 5.60. The lowest BCUT2D eigenvalue weighted by Crippen LogP contribution is -2.66. The number of nitrogens with zero attached hydrogens (tertiary/aromatic N) is 1. The van der Waals surface area contributed by atoms with Crippen LogP contribution in [-0.4, -0.2) is 30.9 Å². The highest BCUT2D eigenvalue weighted by Crippen LogP contribution is 2.54. The zero-order valence-electron chi connectivity index (χ0n) is 10.9. The molecular weight excluding hydrogens is 374 g/mol. The van der Waals surface area contributed by atoms with E-state index in [1.54, 1.807) is 0 Å². The molecule has 0 heterocycles. The van der Waals surface area contributed by atoms with Crippen molar-refractivity contribution in [3.8, 4) is 0 Å². The van der Waals surface area contributed by atoms with Crippen LogP contribution in [0.3, 0.4) is 0 Å². The first-order chi connectivity index (χ1) is 10.6. The van der Waals surface area contributed by atoms with Crippen molar-refractivity contribution in [2.24, 2.45) is 0 Å². The minimum Gasteiger partial charge on any atom is -0.277 e. The van der Waals surface area contributed by atoms with Gasteiger partial charge in [-0.25, -0.2) is 13.2 Å². The molecule has 0 saturated heterocycles. The minimum atomic E-state index is -7.29. The van der Waals surface area contributed by atoms with Crippen molar-refractivity contribution in [3.05, 3.63) is 29.8 Å². The van der Waals surface area contributed by atoms with Crippen molar-refractivity contribution >= 4 is 5.69 Å². The molecule has 0 aliphatic heterocycles. The first-order valence-corrected chi connectivity index (χ1v) is 5.60. The van der Waals surface area contributed by atoms with Crippen LogP contribution in [0, 0.1) is 11.6 Å². The molecule has 0 unspecified atom stereocenters. The van der Waals surface area contributed by atoms with Gasteiger partial charge in [0.2, 0.25) is 0 Å². The van der Waals surface area contributed by atoms with Crippen molar-refractivity contribution in [2.75, 3.05) is 11.7 Å². The second-order valence-corrected chi connectivity index (χ2v) is 4.31. The van der Waals surface area contributed by atoms with Crippen molar-refractivity contribution in [2.45, 2.75) is 24.1 Å². The van der Waals surface area contributed by atoms with Crippen molar-refractivity contribution in [3.63, 3.8) is 0 Å². The van der Waals surface area contributed by atoms with E-state index in [4.69, 9.17) is 0 Å². The molecule has 0 fully saturated rings. The number of benzene rings is 1. The number of alkyl halides is 10. The van der Waals surface area contributed by atoms with Crippen LogP contribution in [0.1, 0.15) is 0 Å². The zero-order valence-corrected chi connectivity index (χ0v) is 10.9. The summed E-state index contributed by atoms with van der Waals surface area (Å²) in [5.41, 5.74) is -1.97. The molecule has 1 nitrogen and oxygen atoms in total. The van der Waals surface area contributed by atoms with Crippen LogP contribution in [0.25, 0.3) is 0 Å². The summed E-state index contributed by atoms with van der Waals surface area (Å²) in [6.07, 6.45) is -7.12. The summed E-state index contributed by atoms with van der Waals surface area (Å²) in [4.78, 5) is -1.73. The molecule has 0 aliphatic rings. The van der Waals surface area contributed by atoms with Crippen LogP contribution < -0.4 is 4.90 Å². The Morgan fingerprint density at radius 2 is 1.29 bits per heavy atom. The fourth-order valence-electron chi connectivity index (χ4n) is 1.53. The van der Waals surface area contributed by atoms with E-state index in [0.29, 0.717) is 6.07 Å². The molecule has 0 aliphatic carbocycles. The summed E-state index contributed by atoms with van der Waals surface area (Å²) in [6.45, 7) is -2.82. The normalized spacial score (nSPS) is 14.0. The van der Waals surface area contributed by atoms with Crippen molar-refractivity contribution in [1.29, 1.82) is 0 Å². The average Bonchev–Trinajstić information content (AvgIpc) is 2.42. The third-order valence-electron chi connectivity index (χ3n) is 2.81. The molecule has 0 atom stereocenters. The Labute approximate surface area is 125 Å². The third-order valence-corrected chi connectivity index (χ3v) is 2.81. The molecule has 1 rings (SSSR count). The van der Waals surface area contributed by atoms with Gasteiger partial charge in [-0.1, -0.05) is 6.07 Å². The number of hydrogen-bond donors (Lipinski definition) is 0. The lowest BCUT2D eigenvalue weighted by Gasteiger charge is -2.39. The van der Waals surface area contributed by atoms with Gasteiger partial charge in [-0.05, 0) is 12.1 Å². The Bertz CT molecular complexity index is 593. The van der Waals surface area contributed by atoms with E-state index in [1.165, 1.54) is 0 Å². The molecule has 0 radical (unpaired) electrons. The van der Waals surface area contributed by atoms with Gasteiger partial charge < -0.3 is 0 Å². The van der Waals surface area contributed by atoms with E-state index >= 15 is 0 Å². The van der Waals surface area contributed by atoms with Gasteiger partial charge >= 0.3 is 24.1 Å². The van der Waals surface area contributed by atoms with E-state index < -0.39 is 53.1 Å². The lowest BCUT2D eigenvalue weighted by molar-refractivity contribution is -0.396. The molecule has 0 spiro atoms. The van der Waals surface area contributed by atoms with Crippen LogP contribution in [0.2, 0.25) is 0 Å². The molecule has 0 amide bonds. The van der Waals surface area contributed by atoms with E-state index in [9.17, 15) is 52.7 Å². The Kier molecular flexibility index (Phi) is 4.99. The molecule has 1 aromatic rings. The van der Waals surface area contributed by atoms with Gasteiger partial charge in [0.15, 0.2) is 18.4 Å². The fraction of sp³-hybridized carbons (Fsp3) is 0.455. The van der Waals surface area contributed by atoms with Crippen LogP contribution >= 0.6 is 0 Å². The van der Waals surface area contributed by atoms with Crippen LogP contribution in [0.5, 0.6) is 0 Å². The van der Waals surface area contributed by atoms with Gasteiger partial charge in [-0.15, -0.1) is 0 Å². The van der Waals surface area contributed by atoms with E-state index in [2.05, 4.69) is 0 Å². The Morgan fingerprint density at radius 1 is 0.792 bits per heavy atom. The number of anilines is 1. The topological polar surface area (TPSA) is 3.24 Å². The molecule has 0 N–H and O–H groups in total. The maximum atomic E-state index is 13.6. The van der Waals surface area contributed by atoms with Gasteiger partial charge in [0.25, 0.3) is 0 Å². The van der Waals surface area contributed by atoms with Crippen LogP contribution in [0.4, 0.5) is 58.4 Å². The second kappa shape index (κ2) is 5.92. The lowest BCUT2D eigenvalue weighted by atomic mass is 10.1. The van der Waals surface area contributed by atoms with E-state index in [0.717, 1.165) is 0 Å². The summed E-state index contributed by atoms with van der Waals surface area (Å²) < 4.78 is 154. The fourth-order valence-corrected chi connectivity index (χ4v) is 1.53. The summed E-state index contributed by atoms with van der Waals surface area (Å²) >= 11 is 0. The van der Waals surface area contributed by atoms with E-state index in [1.807, 2.05) is 0 Å². The van der Waals surface area contributed by atoms with Gasteiger partial charge in [-0.2, -0.15) is 39.5 Å².